The van der Waals surface area contributed by atoms with Crippen LogP contribution in [0.25, 0.3) is 11.3 Å². The molecule has 1 aromatic heterocycles. The quantitative estimate of drug-likeness (QED) is 0.789. The van der Waals surface area contributed by atoms with Crippen LogP contribution in [0.5, 0.6) is 0 Å². The van der Waals surface area contributed by atoms with Crippen molar-refractivity contribution < 1.29 is 4.52 Å². The SMILES string of the molecule is c1ccc(-c2noc3c2CCNCC3)cc1. The molecule has 0 spiro atoms. The van der Waals surface area contributed by atoms with E-state index < -0.39 is 0 Å². The molecule has 3 heteroatoms. The third-order valence-electron chi connectivity index (χ3n) is 3.00. The third-order valence-corrected chi connectivity index (χ3v) is 3.00. The lowest BCUT2D eigenvalue weighted by atomic mass is 10.0. The second-order valence-corrected chi connectivity index (χ2v) is 4.05. The highest BCUT2D eigenvalue weighted by Gasteiger charge is 2.18. The molecule has 1 aliphatic rings. The zero-order chi connectivity index (χ0) is 10.8. The van der Waals surface area contributed by atoms with Crippen LogP contribution in [0.4, 0.5) is 0 Å². The molecule has 0 amide bonds. The summed E-state index contributed by atoms with van der Waals surface area (Å²) in [6.45, 7) is 1.99. The minimum atomic E-state index is 0.940. The van der Waals surface area contributed by atoms with Crippen LogP contribution in [0.1, 0.15) is 11.3 Å². The van der Waals surface area contributed by atoms with E-state index in [0.29, 0.717) is 0 Å². The second kappa shape index (κ2) is 4.10. The first-order chi connectivity index (χ1) is 7.95. The Hall–Kier alpha value is -1.61. The fraction of sp³-hybridized carbons (Fsp3) is 0.308. The zero-order valence-corrected chi connectivity index (χ0v) is 9.07. The number of nitrogens with zero attached hydrogens (tertiary/aromatic N) is 1. The molecule has 0 saturated heterocycles. The van der Waals surface area contributed by atoms with Gasteiger partial charge in [0.25, 0.3) is 0 Å². The molecule has 0 unspecified atom stereocenters. The molecular weight excluding hydrogens is 200 g/mol. The lowest BCUT2D eigenvalue weighted by molar-refractivity contribution is 0.384. The molecule has 0 atom stereocenters. The number of fused-ring (bicyclic) bond motifs is 1. The van der Waals surface area contributed by atoms with Gasteiger partial charge >= 0.3 is 0 Å². The van der Waals surface area contributed by atoms with E-state index in [-0.39, 0.29) is 0 Å². The molecule has 2 aromatic rings. The average Bonchev–Trinajstić information content (AvgIpc) is 2.60. The van der Waals surface area contributed by atoms with Crippen molar-refractivity contribution in [2.75, 3.05) is 13.1 Å². The van der Waals surface area contributed by atoms with Gasteiger partial charge in [-0.1, -0.05) is 35.5 Å². The van der Waals surface area contributed by atoms with Crippen molar-refractivity contribution in [1.29, 1.82) is 0 Å². The van der Waals surface area contributed by atoms with Crippen LogP contribution < -0.4 is 5.32 Å². The summed E-state index contributed by atoms with van der Waals surface area (Å²) in [4.78, 5) is 0. The fourth-order valence-corrected chi connectivity index (χ4v) is 2.16. The van der Waals surface area contributed by atoms with E-state index in [2.05, 4.69) is 22.6 Å². The van der Waals surface area contributed by atoms with Crippen molar-refractivity contribution in [1.82, 2.24) is 10.5 Å². The summed E-state index contributed by atoms with van der Waals surface area (Å²) in [5.74, 6) is 1.05. The maximum atomic E-state index is 5.43. The van der Waals surface area contributed by atoms with Gasteiger partial charge in [0.1, 0.15) is 11.5 Å². The molecular formula is C13H14N2O. The Kier molecular flexibility index (Phi) is 2.46. The first kappa shape index (κ1) is 9.60. The minimum Gasteiger partial charge on any atom is -0.360 e. The summed E-state index contributed by atoms with van der Waals surface area (Å²) in [6, 6.07) is 10.2. The summed E-state index contributed by atoms with van der Waals surface area (Å²) < 4.78 is 5.43. The number of aromatic nitrogens is 1. The van der Waals surface area contributed by atoms with Gasteiger partial charge in [-0.2, -0.15) is 0 Å². The Morgan fingerprint density at radius 2 is 1.88 bits per heavy atom. The van der Waals surface area contributed by atoms with Gasteiger partial charge in [0.2, 0.25) is 0 Å². The molecule has 0 saturated carbocycles. The van der Waals surface area contributed by atoms with Gasteiger partial charge in [-0.25, -0.2) is 0 Å². The molecule has 1 N–H and O–H groups in total. The van der Waals surface area contributed by atoms with Crippen molar-refractivity contribution >= 4 is 0 Å². The maximum Gasteiger partial charge on any atom is 0.141 e. The predicted octanol–water partition coefficient (Wildman–Crippen LogP) is 2.03. The summed E-state index contributed by atoms with van der Waals surface area (Å²) in [6.07, 6.45) is 1.94. The Morgan fingerprint density at radius 1 is 1.06 bits per heavy atom. The Labute approximate surface area is 94.5 Å². The van der Waals surface area contributed by atoms with E-state index in [1.54, 1.807) is 0 Å². The smallest absolute Gasteiger partial charge is 0.141 e. The molecule has 0 fully saturated rings. The first-order valence-corrected chi connectivity index (χ1v) is 5.69. The van der Waals surface area contributed by atoms with Gasteiger partial charge in [0, 0.05) is 24.1 Å². The lowest BCUT2D eigenvalue weighted by Gasteiger charge is -2.00. The Bertz CT molecular complexity index is 476. The van der Waals surface area contributed by atoms with Gasteiger partial charge in [-0.3, -0.25) is 0 Å². The van der Waals surface area contributed by atoms with E-state index >= 15 is 0 Å². The zero-order valence-electron chi connectivity index (χ0n) is 9.07. The topological polar surface area (TPSA) is 38.1 Å². The van der Waals surface area contributed by atoms with E-state index in [1.807, 2.05) is 18.2 Å². The van der Waals surface area contributed by atoms with Crippen LogP contribution in [0, 0.1) is 0 Å². The van der Waals surface area contributed by atoms with Crippen molar-refractivity contribution in [3.63, 3.8) is 0 Å². The largest absolute Gasteiger partial charge is 0.360 e. The van der Waals surface area contributed by atoms with Crippen molar-refractivity contribution in [2.45, 2.75) is 12.8 Å². The van der Waals surface area contributed by atoms with Gasteiger partial charge < -0.3 is 9.84 Å². The summed E-state index contributed by atoms with van der Waals surface area (Å²) >= 11 is 0. The number of hydrogen-bond donors (Lipinski definition) is 1. The third kappa shape index (κ3) is 1.63. The number of nitrogens with one attached hydrogen (secondary N) is 1. The van der Waals surface area contributed by atoms with Crippen LogP contribution in [0.2, 0.25) is 0 Å². The van der Waals surface area contributed by atoms with Crippen molar-refractivity contribution in [3.8, 4) is 11.3 Å². The molecule has 82 valence electrons. The van der Waals surface area contributed by atoms with E-state index in [1.165, 1.54) is 5.56 Å². The van der Waals surface area contributed by atoms with Gasteiger partial charge in [0.05, 0.1) is 0 Å². The summed E-state index contributed by atoms with van der Waals surface area (Å²) in [7, 11) is 0. The van der Waals surface area contributed by atoms with Gasteiger partial charge in [-0.15, -0.1) is 0 Å². The first-order valence-electron chi connectivity index (χ1n) is 5.69. The lowest BCUT2D eigenvalue weighted by Crippen LogP contribution is -2.16. The summed E-state index contributed by atoms with van der Waals surface area (Å²) in [5.41, 5.74) is 3.44. The molecule has 1 aliphatic heterocycles. The summed E-state index contributed by atoms with van der Waals surface area (Å²) in [5, 5.41) is 7.58. The normalized spacial score (nSPS) is 15.5. The highest BCUT2D eigenvalue weighted by molar-refractivity contribution is 5.63. The molecule has 16 heavy (non-hydrogen) atoms. The average molecular weight is 214 g/mol. The molecule has 2 heterocycles. The van der Waals surface area contributed by atoms with Crippen LogP contribution in [0.3, 0.4) is 0 Å². The highest BCUT2D eigenvalue weighted by Crippen LogP contribution is 2.26. The highest BCUT2D eigenvalue weighted by atomic mass is 16.5. The minimum absolute atomic E-state index is 0.940. The molecule has 0 bridgehead atoms. The monoisotopic (exact) mass is 214 g/mol. The number of rotatable bonds is 1. The van der Waals surface area contributed by atoms with E-state index in [4.69, 9.17) is 4.52 Å². The van der Waals surface area contributed by atoms with Gasteiger partial charge in [0.15, 0.2) is 0 Å². The fourth-order valence-electron chi connectivity index (χ4n) is 2.16. The molecule has 3 rings (SSSR count). The maximum absolute atomic E-state index is 5.43. The van der Waals surface area contributed by atoms with Gasteiger partial charge in [-0.05, 0) is 13.0 Å². The van der Waals surface area contributed by atoms with Crippen LogP contribution in [-0.4, -0.2) is 18.2 Å². The molecule has 0 radical (unpaired) electrons. The molecule has 0 aliphatic carbocycles. The Morgan fingerprint density at radius 3 is 2.75 bits per heavy atom. The number of hydrogen-bond acceptors (Lipinski definition) is 3. The number of benzene rings is 1. The van der Waals surface area contributed by atoms with Crippen LogP contribution in [0.15, 0.2) is 34.9 Å². The Balaban J connectivity index is 2.06. The van der Waals surface area contributed by atoms with Crippen molar-refractivity contribution in [3.05, 3.63) is 41.7 Å². The van der Waals surface area contributed by atoms with Crippen LogP contribution >= 0.6 is 0 Å². The van der Waals surface area contributed by atoms with Crippen LogP contribution in [-0.2, 0) is 12.8 Å². The standard InChI is InChI=1S/C13H14N2O/c1-2-4-10(5-3-1)13-11-6-8-14-9-7-12(11)16-15-13/h1-5,14H,6-9H2. The van der Waals surface area contributed by atoms with Crippen molar-refractivity contribution in [2.24, 2.45) is 0 Å². The second-order valence-electron chi connectivity index (χ2n) is 4.05. The van der Waals surface area contributed by atoms with E-state index in [0.717, 1.165) is 42.9 Å². The molecule has 3 nitrogen and oxygen atoms in total. The van der Waals surface area contributed by atoms with E-state index in [9.17, 15) is 0 Å². The predicted molar refractivity (Wildman–Crippen MR) is 62.2 cm³/mol. The molecule has 1 aromatic carbocycles.